The van der Waals surface area contributed by atoms with E-state index < -0.39 is 11.2 Å². The normalized spacial score (nSPS) is 18.3. The highest BCUT2D eigenvalue weighted by atomic mass is 35.5. The number of fused-ring (bicyclic) bond motifs is 1. The minimum absolute atomic E-state index is 0.0294. The van der Waals surface area contributed by atoms with E-state index in [1.807, 2.05) is 0 Å². The molecule has 1 aliphatic rings. The number of carbonyl (C=O) groups is 1. The van der Waals surface area contributed by atoms with Crippen molar-refractivity contribution in [3.63, 3.8) is 0 Å². The van der Waals surface area contributed by atoms with Crippen molar-refractivity contribution >= 4 is 28.7 Å². The van der Waals surface area contributed by atoms with Crippen molar-refractivity contribution in [1.82, 2.24) is 23.6 Å². The average molecular weight is 354 g/mol. The summed E-state index contributed by atoms with van der Waals surface area (Å²) in [6.07, 6.45) is 2.09. The number of likely N-dealkylation sites (tertiary alicyclic amines) is 1. The van der Waals surface area contributed by atoms with Crippen molar-refractivity contribution in [3.05, 3.63) is 26.1 Å². The van der Waals surface area contributed by atoms with Gasteiger partial charge in [0.25, 0.3) is 5.56 Å². The number of hydrogen-bond donors (Lipinski definition) is 0. The first-order valence-corrected chi connectivity index (χ1v) is 8.28. The molecule has 8 nitrogen and oxygen atoms in total. The molecule has 2 aromatic heterocycles. The van der Waals surface area contributed by atoms with Gasteiger partial charge in [-0.2, -0.15) is 4.98 Å². The second-order valence-electron chi connectivity index (χ2n) is 6.43. The zero-order chi connectivity index (χ0) is 17.6. The Morgan fingerprint density at radius 2 is 2.00 bits per heavy atom. The van der Waals surface area contributed by atoms with Gasteiger partial charge in [0.05, 0.1) is 0 Å². The summed E-state index contributed by atoms with van der Waals surface area (Å²) in [4.78, 5) is 42.9. The van der Waals surface area contributed by atoms with Crippen LogP contribution in [0.2, 0.25) is 5.28 Å². The van der Waals surface area contributed by atoms with Gasteiger partial charge in [-0.25, -0.2) is 4.79 Å². The molecule has 1 unspecified atom stereocenters. The van der Waals surface area contributed by atoms with Crippen LogP contribution in [0, 0.1) is 5.92 Å². The molecule has 0 aliphatic carbocycles. The molecule has 0 aromatic carbocycles. The number of halogens is 1. The second-order valence-corrected chi connectivity index (χ2v) is 6.77. The van der Waals surface area contributed by atoms with Gasteiger partial charge in [0.2, 0.25) is 11.2 Å². The van der Waals surface area contributed by atoms with E-state index >= 15 is 0 Å². The smallest absolute Gasteiger partial charge is 0.332 e. The topological polar surface area (TPSA) is 82.1 Å². The number of nitrogens with zero attached hydrogens (tertiary/aromatic N) is 5. The van der Waals surface area contributed by atoms with Crippen molar-refractivity contribution < 1.29 is 4.79 Å². The standard InChI is InChI=1S/C15H20ClN5O3/c1-9-5-4-6-20(7-9)10(22)8-21-11-12(17-14(21)16)18(2)15(24)19(3)13(11)23/h9H,4-8H2,1-3H3. The Kier molecular flexibility index (Phi) is 4.25. The molecule has 0 N–H and O–H groups in total. The molecule has 0 bridgehead atoms. The number of rotatable bonds is 2. The highest BCUT2D eigenvalue weighted by Gasteiger charge is 2.24. The van der Waals surface area contributed by atoms with Gasteiger partial charge in [-0.05, 0) is 30.4 Å². The summed E-state index contributed by atoms with van der Waals surface area (Å²) in [5.41, 5.74) is -0.631. The SMILES string of the molecule is CC1CCCN(C(=O)Cn2c(Cl)nc3c2c(=O)n(C)c(=O)n3C)C1. The molecule has 1 atom stereocenters. The lowest BCUT2D eigenvalue weighted by molar-refractivity contribution is -0.133. The van der Waals surface area contributed by atoms with Gasteiger partial charge in [-0.3, -0.25) is 23.3 Å². The molecular weight excluding hydrogens is 334 g/mol. The maximum absolute atomic E-state index is 12.6. The van der Waals surface area contributed by atoms with Crippen LogP contribution in [0.5, 0.6) is 0 Å². The molecule has 1 fully saturated rings. The fourth-order valence-corrected chi connectivity index (χ4v) is 3.44. The van der Waals surface area contributed by atoms with E-state index in [2.05, 4.69) is 11.9 Å². The van der Waals surface area contributed by atoms with Gasteiger partial charge in [0, 0.05) is 27.2 Å². The van der Waals surface area contributed by atoms with Gasteiger partial charge >= 0.3 is 5.69 Å². The summed E-state index contributed by atoms with van der Waals surface area (Å²) >= 11 is 6.15. The lowest BCUT2D eigenvalue weighted by Gasteiger charge is -2.31. The first-order chi connectivity index (χ1) is 11.3. The molecular formula is C15H20ClN5O3. The number of aromatic nitrogens is 4. The lowest BCUT2D eigenvalue weighted by atomic mass is 10.0. The van der Waals surface area contributed by atoms with Crippen LogP contribution < -0.4 is 11.2 Å². The van der Waals surface area contributed by atoms with Gasteiger partial charge < -0.3 is 4.90 Å². The molecule has 24 heavy (non-hydrogen) atoms. The summed E-state index contributed by atoms with van der Waals surface area (Å²) in [6.45, 7) is 3.48. The van der Waals surface area contributed by atoms with Crippen LogP contribution in [-0.4, -0.2) is 42.6 Å². The van der Waals surface area contributed by atoms with Gasteiger partial charge in [-0.1, -0.05) is 6.92 Å². The fraction of sp³-hybridized carbons (Fsp3) is 0.600. The first-order valence-electron chi connectivity index (χ1n) is 7.90. The molecule has 9 heteroatoms. The molecule has 0 spiro atoms. The number of carbonyl (C=O) groups excluding carboxylic acids is 1. The third kappa shape index (κ3) is 2.64. The van der Waals surface area contributed by atoms with Gasteiger partial charge in [0.15, 0.2) is 11.2 Å². The minimum Gasteiger partial charge on any atom is -0.341 e. The Balaban J connectivity index is 2.04. The summed E-state index contributed by atoms with van der Waals surface area (Å²) in [6, 6.07) is 0. The van der Waals surface area contributed by atoms with Gasteiger partial charge in [0.1, 0.15) is 6.54 Å². The van der Waals surface area contributed by atoms with Gasteiger partial charge in [-0.15, -0.1) is 0 Å². The van der Waals surface area contributed by atoms with E-state index in [9.17, 15) is 14.4 Å². The summed E-state index contributed by atoms with van der Waals surface area (Å²) in [7, 11) is 2.91. The Morgan fingerprint density at radius 3 is 2.67 bits per heavy atom. The van der Waals surface area contributed by atoms with Crippen LogP contribution in [0.25, 0.3) is 11.2 Å². The molecule has 2 aromatic rings. The van der Waals surface area contributed by atoms with E-state index in [4.69, 9.17) is 11.6 Å². The monoisotopic (exact) mass is 353 g/mol. The highest BCUT2D eigenvalue weighted by molar-refractivity contribution is 6.29. The fourth-order valence-electron chi connectivity index (χ4n) is 3.22. The quantitative estimate of drug-likeness (QED) is 0.729. The van der Waals surface area contributed by atoms with Crippen LogP contribution >= 0.6 is 11.6 Å². The zero-order valence-corrected chi connectivity index (χ0v) is 14.7. The number of piperidine rings is 1. The minimum atomic E-state index is -0.507. The maximum atomic E-state index is 12.6. The Morgan fingerprint density at radius 1 is 1.29 bits per heavy atom. The molecule has 130 valence electrons. The Labute approximate surface area is 143 Å². The first kappa shape index (κ1) is 16.8. The molecule has 1 saturated heterocycles. The third-order valence-electron chi connectivity index (χ3n) is 4.60. The van der Waals surface area contributed by atoms with E-state index in [1.165, 1.54) is 23.2 Å². The second kappa shape index (κ2) is 6.08. The molecule has 1 aliphatic heterocycles. The summed E-state index contributed by atoms with van der Waals surface area (Å²) < 4.78 is 3.64. The molecule has 0 radical (unpaired) electrons. The number of imidazole rings is 1. The van der Waals surface area contributed by atoms with E-state index in [0.29, 0.717) is 19.0 Å². The summed E-state index contributed by atoms with van der Waals surface area (Å²) in [5.74, 6) is 0.366. The zero-order valence-electron chi connectivity index (χ0n) is 14.0. The average Bonchev–Trinajstić information content (AvgIpc) is 2.88. The van der Waals surface area contributed by atoms with Crippen LogP contribution in [0.3, 0.4) is 0 Å². The summed E-state index contributed by atoms with van der Waals surface area (Å²) in [5, 5.41) is 0.0294. The molecule has 3 rings (SSSR count). The predicted octanol–water partition coefficient (Wildman–Crippen LogP) is 0.346. The molecule has 3 heterocycles. The van der Waals surface area contributed by atoms with Crippen LogP contribution in [0.4, 0.5) is 0 Å². The lowest BCUT2D eigenvalue weighted by Crippen LogP contribution is -2.41. The van der Waals surface area contributed by atoms with Crippen molar-refractivity contribution in [3.8, 4) is 0 Å². The number of amides is 1. The number of aryl methyl sites for hydroxylation is 1. The molecule has 0 saturated carbocycles. The van der Waals surface area contributed by atoms with E-state index in [-0.39, 0.29) is 28.9 Å². The van der Waals surface area contributed by atoms with E-state index in [1.54, 1.807) is 4.90 Å². The van der Waals surface area contributed by atoms with Crippen molar-refractivity contribution in [1.29, 1.82) is 0 Å². The highest BCUT2D eigenvalue weighted by Crippen LogP contribution is 2.19. The predicted molar refractivity (Wildman–Crippen MR) is 90.2 cm³/mol. The van der Waals surface area contributed by atoms with Crippen LogP contribution in [0.15, 0.2) is 9.59 Å². The largest absolute Gasteiger partial charge is 0.341 e. The number of hydrogen-bond acceptors (Lipinski definition) is 4. The Hall–Kier alpha value is -2.09. The van der Waals surface area contributed by atoms with Crippen LogP contribution in [-0.2, 0) is 25.4 Å². The maximum Gasteiger partial charge on any atom is 0.332 e. The molecule has 1 amide bonds. The third-order valence-corrected chi connectivity index (χ3v) is 4.89. The van der Waals surface area contributed by atoms with Crippen molar-refractivity contribution in [2.75, 3.05) is 13.1 Å². The Bertz CT molecular complexity index is 926. The van der Waals surface area contributed by atoms with Crippen molar-refractivity contribution in [2.24, 2.45) is 20.0 Å². The van der Waals surface area contributed by atoms with Crippen LogP contribution in [0.1, 0.15) is 19.8 Å². The van der Waals surface area contributed by atoms with Crippen molar-refractivity contribution in [2.45, 2.75) is 26.3 Å². The van der Waals surface area contributed by atoms with E-state index in [0.717, 1.165) is 17.4 Å².